The third-order valence-corrected chi connectivity index (χ3v) is 11.3. The van der Waals surface area contributed by atoms with Crippen LogP contribution in [-0.4, -0.2) is 130 Å². The average Bonchev–Trinajstić information content (AvgIpc) is 4.02. The highest BCUT2D eigenvalue weighted by Gasteiger charge is 2.35. The van der Waals surface area contributed by atoms with E-state index in [1.807, 2.05) is 71.9 Å². The van der Waals surface area contributed by atoms with E-state index >= 15 is 0 Å². The van der Waals surface area contributed by atoms with Crippen LogP contribution >= 0.6 is 0 Å². The molecule has 68 heavy (non-hydrogen) atoms. The molecule has 21 heteroatoms. The van der Waals surface area contributed by atoms with Crippen LogP contribution in [0.2, 0.25) is 0 Å². The summed E-state index contributed by atoms with van der Waals surface area (Å²) in [5.74, 6) is -5.81. The molecule has 21 nitrogen and oxygen atoms in total. The number of aromatic amines is 1. The summed E-state index contributed by atoms with van der Waals surface area (Å²) in [5, 5.41) is 32.4. The number of aromatic nitrogens is 2. The van der Waals surface area contributed by atoms with Gasteiger partial charge in [-0.15, -0.1) is 0 Å². The molecule has 0 unspecified atom stereocenters. The summed E-state index contributed by atoms with van der Waals surface area (Å²) in [6.45, 7) is 11.1. The molecule has 0 aliphatic carbocycles. The van der Waals surface area contributed by atoms with Gasteiger partial charge in [0.25, 0.3) is 0 Å². The number of H-pyrrole nitrogens is 1. The number of nitrogens with zero attached hydrogens (tertiary/aromatic N) is 1. The highest BCUT2D eigenvalue weighted by Crippen LogP contribution is 2.13. The topological polar surface area (TPSA) is 334 Å². The SMILES string of the molecule is CC(C)C[C@H](NC(=O)[C@H](Cc1cnc[nH]1)NC(=O)[C@H](CC(C)C)NC(=O)[C@H](CO)NC(=O)[C@H](CC(C)C)NC(=O)[C@H](CCCCN)NC(=O)[C@H](Cc1ccccc1)NC(=O)[C@@H]1CCCN1)C(N)=O. The summed E-state index contributed by atoms with van der Waals surface area (Å²) in [5.41, 5.74) is 12.6. The van der Waals surface area contributed by atoms with E-state index in [0.29, 0.717) is 38.0 Å². The van der Waals surface area contributed by atoms with Crippen LogP contribution in [0.15, 0.2) is 42.9 Å². The Balaban J connectivity index is 1.80. The fraction of sp³-hybridized carbons (Fsp3) is 0.638. The molecule has 0 saturated carbocycles. The molecule has 1 saturated heterocycles. The lowest BCUT2D eigenvalue weighted by Crippen LogP contribution is -2.61. The zero-order valence-corrected chi connectivity index (χ0v) is 40.4. The van der Waals surface area contributed by atoms with E-state index in [1.165, 1.54) is 12.5 Å². The number of nitrogens with one attached hydrogen (secondary N) is 9. The Morgan fingerprint density at radius 1 is 0.647 bits per heavy atom. The van der Waals surface area contributed by atoms with Gasteiger partial charge in [0.1, 0.15) is 42.3 Å². The third kappa shape index (κ3) is 19.7. The van der Waals surface area contributed by atoms with Crippen LogP contribution in [0.5, 0.6) is 0 Å². The monoisotopic (exact) mass is 953 g/mol. The lowest BCUT2D eigenvalue weighted by Gasteiger charge is -2.28. The maximum Gasteiger partial charge on any atom is 0.245 e. The molecular formula is C47H76N12O9. The summed E-state index contributed by atoms with van der Waals surface area (Å²) in [6, 6.07) is 0.219. The largest absolute Gasteiger partial charge is 0.394 e. The van der Waals surface area contributed by atoms with Crippen LogP contribution in [0.25, 0.3) is 0 Å². The van der Waals surface area contributed by atoms with Gasteiger partial charge in [-0.25, -0.2) is 4.98 Å². The van der Waals surface area contributed by atoms with E-state index in [-0.39, 0.29) is 62.2 Å². The fourth-order valence-electron chi connectivity index (χ4n) is 7.78. The van der Waals surface area contributed by atoms with Crippen LogP contribution in [0, 0.1) is 17.8 Å². The molecule has 1 aliphatic heterocycles. The number of carbonyl (C=O) groups is 8. The van der Waals surface area contributed by atoms with Gasteiger partial charge in [-0.05, 0) is 87.8 Å². The number of carbonyl (C=O) groups excluding carboxylic acids is 8. The molecule has 1 fully saturated rings. The number of aliphatic hydroxyl groups excluding tert-OH is 1. The number of benzene rings is 1. The minimum Gasteiger partial charge on any atom is -0.394 e. The second-order valence-corrected chi connectivity index (χ2v) is 18.8. The predicted molar refractivity (Wildman–Crippen MR) is 255 cm³/mol. The molecule has 0 radical (unpaired) electrons. The summed E-state index contributed by atoms with van der Waals surface area (Å²) >= 11 is 0. The maximum absolute atomic E-state index is 14.1. The molecule has 2 heterocycles. The molecule has 8 amide bonds. The number of hydrogen-bond acceptors (Lipinski definition) is 12. The number of nitrogens with two attached hydrogens (primary N) is 2. The van der Waals surface area contributed by atoms with Crippen LogP contribution in [-0.2, 0) is 51.2 Å². The van der Waals surface area contributed by atoms with Crippen molar-refractivity contribution in [1.82, 2.24) is 52.5 Å². The lowest BCUT2D eigenvalue weighted by molar-refractivity contribution is -0.136. The quantitative estimate of drug-likeness (QED) is 0.0424. The molecular weight excluding hydrogens is 877 g/mol. The number of imidazole rings is 1. The second-order valence-electron chi connectivity index (χ2n) is 18.8. The first-order chi connectivity index (χ1) is 32.3. The Morgan fingerprint density at radius 2 is 1.13 bits per heavy atom. The van der Waals surface area contributed by atoms with Gasteiger partial charge in [-0.3, -0.25) is 38.4 Å². The minimum atomic E-state index is -1.58. The van der Waals surface area contributed by atoms with Crippen molar-refractivity contribution >= 4 is 47.3 Å². The number of aliphatic hydroxyl groups is 1. The van der Waals surface area contributed by atoms with Crippen molar-refractivity contribution in [1.29, 1.82) is 0 Å². The van der Waals surface area contributed by atoms with Crippen LogP contribution < -0.4 is 54.0 Å². The number of amides is 8. The summed E-state index contributed by atoms with van der Waals surface area (Å²) in [6.07, 6.45) is 6.04. The first-order valence-electron chi connectivity index (χ1n) is 23.8. The molecule has 3 rings (SSSR count). The van der Waals surface area contributed by atoms with E-state index in [2.05, 4.69) is 52.5 Å². The lowest BCUT2D eigenvalue weighted by atomic mass is 10.00. The fourth-order valence-corrected chi connectivity index (χ4v) is 7.78. The zero-order valence-electron chi connectivity index (χ0n) is 40.4. The highest BCUT2D eigenvalue weighted by molar-refractivity contribution is 5.98. The van der Waals surface area contributed by atoms with Gasteiger partial charge in [0.2, 0.25) is 47.3 Å². The zero-order chi connectivity index (χ0) is 50.3. The standard InChI is InChI=1S/C47H76N12O9/c1-27(2)19-34(40(49)61)54-46(67)38(23-31-24-50-26-52-31)58-43(64)35(20-28(3)4)56-47(68)39(25-60)59-44(65)36(21-29(5)6)55-42(63)33(15-10-11-17-48)53-45(66)37(22-30-13-8-7-9-14-30)57-41(62)32-16-12-18-51-32/h7-9,13-14,24,26-29,32-39,51,60H,10-12,15-23,25,48H2,1-6H3,(H2,49,61)(H,50,52)(H,53,66)(H,54,67)(H,55,63)(H,56,68)(H,57,62)(H,58,64)(H,59,65)/t32-,33-,34-,35-,36-,37-,38-,39-/m0/s1. The highest BCUT2D eigenvalue weighted by atomic mass is 16.3. The van der Waals surface area contributed by atoms with Crippen LogP contribution in [0.1, 0.15) is 104 Å². The van der Waals surface area contributed by atoms with Crippen molar-refractivity contribution in [3.63, 3.8) is 0 Å². The Kier molecular flexibility index (Phi) is 24.1. The molecule has 14 N–H and O–H groups in total. The Labute approximate surface area is 399 Å². The van der Waals surface area contributed by atoms with E-state index in [9.17, 15) is 43.5 Å². The van der Waals surface area contributed by atoms with Crippen molar-refractivity contribution in [2.24, 2.45) is 29.2 Å². The summed E-state index contributed by atoms with van der Waals surface area (Å²) in [4.78, 5) is 116. The molecule has 0 bridgehead atoms. The van der Waals surface area contributed by atoms with Gasteiger partial charge in [0, 0.05) is 24.7 Å². The van der Waals surface area contributed by atoms with Crippen molar-refractivity contribution in [3.8, 4) is 0 Å². The molecule has 378 valence electrons. The van der Waals surface area contributed by atoms with Crippen molar-refractivity contribution in [3.05, 3.63) is 54.1 Å². The average molecular weight is 953 g/mol. The normalized spacial score (nSPS) is 16.7. The summed E-state index contributed by atoms with van der Waals surface area (Å²) in [7, 11) is 0. The summed E-state index contributed by atoms with van der Waals surface area (Å²) < 4.78 is 0. The maximum atomic E-state index is 14.1. The Hall–Kier alpha value is -5.93. The molecule has 1 aromatic carbocycles. The van der Waals surface area contributed by atoms with Gasteiger partial charge in [0.15, 0.2) is 0 Å². The van der Waals surface area contributed by atoms with Gasteiger partial charge in [-0.1, -0.05) is 71.9 Å². The predicted octanol–water partition coefficient (Wildman–Crippen LogP) is -0.915. The number of rotatable bonds is 30. The third-order valence-electron chi connectivity index (χ3n) is 11.3. The first kappa shape index (κ1) is 56.4. The number of unbranched alkanes of at least 4 members (excludes halogenated alkanes) is 1. The minimum absolute atomic E-state index is 0.0102. The van der Waals surface area contributed by atoms with Gasteiger partial charge in [-0.2, -0.15) is 0 Å². The Bertz CT molecular complexity index is 1930. The van der Waals surface area contributed by atoms with E-state index in [0.717, 1.165) is 12.0 Å². The number of primary amides is 1. The van der Waals surface area contributed by atoms with E-state index in [1.54, 1.807) is 0 Å². The molecule has 1 aliphatic rings. The van der Waals surface area contributed by atoms with Gasteiger partial charge in [0.05, 0.1) is 19.0 Å². The smallest absolute Gasteiger partial charge is 0.245 e. The molecule has 8 atom stereocenters. The second kappa shape index (κ2) is 29.1. The van der Waals surface area contributed by atoms with E-state index in [4.69, 9.17) is 11.5 Å². The van der Waals surface area contributed by atoms with Gasteiger partial charge < -0.3 is 64.1 Å². The molecule has 1 aromatic heterocycles. The molecule has 0 spiro atoms. The van der Waals surface area contributed by atoms with Crippen LogP contribution in [0.3, 0.4) is 0 Å². The van der Waals surface area contributed by atoms with Crippen molar-refractivity contribution < 1.29 is 43.5 Å². The Morgan fingerprint density at radius 3 is 1.63 bits per heavy atom. The number of hydrogen-bond donors (Lipinski definition) is 12. The van der Waals surface area contributed by atoms with Gasteiger partial charge >= 0.3 is 0 Å². The van der Waals surface area contributed by atoms with Crippen molar-refractivity contribution in [2.45, 2.75) is 154 Å². The molecule has 2 aromatic rings. The van der Waals surface area contributed by atoms with E-state index < -0.39 is 96.3 Å². The van der Waals surface area contributed by atoms with Crippen LogP contribution in [0.4, 0.5) is 0 Å². The first-order valence-corrected chi connectivity index (χ1v) is 23.8. The van der Waals surface area contributed by atoms with Crippen molar-refractivity contribution in [2.75, 3.05) is 19.7 Å².